The van der Waals surface area contributed by atoms with Gasteiger partial charge in [0.15, 0.2) is 0 Å². The van der Waals surface area contributed by atoms with Crippen LogP contribution in [0.5, 0.6) is 5.75 Å². The molecular weight excluding hydrogens is 242 g/mol. The van der Waals surface area contributed by atoms with E-state index in [4.69, 9.17) is 4.74 Å². The lowest BCUT2D eigenvalue weighted by molar-refractivity contribution is -0.140. The van der Waals surface area contributed by atoms with Crippen LogP contribution in [0.15, 0.2) is 12.1 Å². The van der Waals surface area contributed by atoms with Crippen LogP contribution in [0.1, 0.15) is 29.5 Å². The van der Waals surface area contributed by atoms with E-state index >= 15 is 0 Å². The molecule has 0 aliphatic carbocycles. The zero-order valence-electron chi connectivity index (χ0n) is 12.2. The standard InChI is InChI=1S/C15H23NO3/c1-11-8-13(9-12(2)15(11)19-4)10-16-7-5-6-14(17)18-3/h8-9,16H,5-7,10H2,1-4H3. The molecule has 0 heterocycles. The summed E-state index contributed by atoms with van der Waals surface area (Å²) < 4.78 is 9.93. The number of aryl methyl sites for hydroxylation is 2. The number of nitrogens with one attached hydrogen (secondary N) is 1. The fraction of sp³-hybridized carbons (Fsp3) is 0.533. The Morgan fingerprint density at radius 1 is 1.21 bits per heavy atom. The number of esters is 1. The van der Waals surface area contributed by atoms with E-state index < -0.39 is 0 Å². The van der Waals surface area contributed by atoms with Gasteiger partial charge in [0.2, 0.25) is 0 Å². The molecule has 0 radical (unpaired) electrons. The van der Waals surface area contributed by atoms with Crippen molar-refractivity contribution < 1.29 is 14.3 Å². The fourth-order valence-electron chi connectivity index (χ4n) is 2.16. The molecule has 0 aliphatic heterocycles. The molecule has 0 aliphatic rings. The largest absolute Gasteiger partial charge is 0.496 e. The molecule has 0 spiro atoms. The number of carbonyl (C=O) groups is 1. The Labute approximate surface area is 115 Å². The van der Waals surface area contributed by atoms with Gasteiger partial charge in [0, 0.05) is 13.0 Å². The van der Waals surface area contributed by atoms with Crippen LogP contribution in [0.25, 0.3) is 0 Å². The van der Waals surface area contributed by atoms with Gasteiger partial charge < -0.3 is 14.8 Å². The zero-order chi connectivity index (χ0) is 14.3. The molecule has 4 heteroatoms. The summed E-state index contributed by atoms with van der Waals surface area (Å²) in [7, 11) is 3.11. The van der Waals surface area contributed by atoms with Crippen LogP contribution < -0.4 is 10.1 Å². The SMILES string of the molecule is COC(=O)CCCNCc1cc(C)c(OC)c(C)c1. The summed E-state index contributed by atoms with van der Waals surface area (Å²) >= 11 is 0. The number of methoxy groups -OCH3 is 2. The fourth-order valence-corrected chi connectivity index (χ4v) is 2.16. The van der Waals surface area contributed by atoms with Crippen LogP contribution in [-0.4, -0.2) is 26.7 Å². The summed E-state index contributed by atoms with van der Waals surface area (Å²) in [5.41, 5.74) is 3.52. The maximum atomic E-state index is 10.9. The van der Waals surface area contributed by atoms with E-state index in [1.54, 1.807) is 7.11 Å². The minimum absolute atomic E-state index is 0.155. The Balaban J connectivity index is 2.40. The van der Waals surface area contributed by atoms with Crippen LogP contribution in [0.4, 0.5) is 0 Å². The van der Waals surface area contributed by atoms with E-state index in [9.17, 15) is 4.79 Å². The second-order valence-electron chi connectivity index (χ2n) is 4.62. The number of rotatable bonds is 7. The van der Waals surface area contributed by atoms with Crippen molar-refractivity contribution in [3.05, 3.63) is 28.8 Å². The van der Waals surface area contributed by atoms with Gasteiger partial charge in [-0.3, -0.25) is 4.79 Å². The molecular formula is C15H23NO3. The minimum Gasteiger partial charge on any atom is -0.496 e. The number of hydrogen-bond acceptors (Lipinski definition) is 4. The van der Waals surface area contributed by atoms with Crippen molar-refractivity contribution in [2.24, 2.45) is 0 Å². The summed E-state index contributed by atoms with van der Waals surface area (Å²) in [6.07, 6.45) is 1.25. The van der Waals surface area contributed by atoms with Gasteiger partial charge in [-0.25, -0.2) is 0 Å². The Morgan fingerprint density at radius 3 is 2.37 bits per heavy atom. The van der Waals surface area contributed by atoms with E-state index in [1.165, 1.54) is 12.7 Å². The van der Waals surface area contributed by atoms with Gasteiger partial charge in [-0.2, -0.15) is 0 Å². The van der Waals surface area contributed by atoms with Gasteiger partial charge in [-0.1, -0.05) is 12.1 Å². The number of hydrogen-bond donors (Lipinski definition) is 1. The molecule has 0 unspecified atom stereocenters. The average Bonchev–Trinajstić information content (AvgIpc) is 2.37. The third-order valence-corrected chi connectivity index (χ3v) is 3.02. The minimum atomic E-state index is -0.155. The van der Waals surface area contributed by atoms with Crippen LogP contribution in [-0.2, 0) is 16.1 Å². The molecule has 19 heavy (non-hydrogen) atoms. The highest BCUT2D eigenvalue weighted by Crippen LogP contribution is 2.24. The predicted octanol–water partition coefficient (Wildman–Crippen LogP) is 2.35. The molecule has 4 nitrogen and oxygen atoms in total. The molecule has 0 atom stereocenters. The Kier molecular flexibility index (Phi) is 6.36. The lowest BCUT2D eigenvalue weighted by Crippen LogP contribution is -2.16. The van der Waals surface area contributed by atoms with Gasteiger partial charge in [0.05, 0.1) is 14.2 Å². The molecule has 0 bridgehead atoms. The maximum Gasteiger partial charge on any atom is 0.305 e. The first-order chi connectivity index (χ1) is 9.08. The van der Waals surface area contributed by atoms with E-state index in [0.29, 0.717) is 6.42 Å². The van der Waals surface area contributed by atoms with Crippen LogP contribution in [0, 0.1) is 13.8 Å². The monoisotopic (exact) mass is 265 g/mol. The first kappa shape index (κ1) is 15.5. The molecule has 106 valence electrons. The van der Waals surface area contributed by atoms with E-state index in [0.717, 1.165) is 36.4 Å². The maximum absolute atomic E-state index is 10.9. The summed E-state index contributed by atoms with van der Waals surface area (Å²) in [6, 6.07) is 4.25. The molecule has 1 rings (SSSR count). The Morgan fingerprint density at radius 2 is 1.84 bits per heavy atom. The summed E-state index contributed by atoms with van der Waals surface area (Å²) in [5, 5.41) is 3.32. The molecule has 0 amide bonds. The van der Waals surface area contributed by atoms with Gasteiger partial charge >= 0.3 is 5.97 Å². The Hall–Kier alpha value is -1.55. The quantitative estimate of drug-likeness (QED) is 0.607. The van der Waals surface area contributed by atoms with Crippen molar-refractivity contribution in [2.75, 3.05) is 20.8 Å². The number of benzene rings is 1. The highest BCUT2D eigenvalue weighted by atomic mass is 16.5. The van der Waals surface area contributed by atoms with E-state index in [1.807, 2.05) is 13.8 Å². The van der Waals surface area contributed by atoms with Crippen molar-refractivity contribution >= 4 is 5.97 Å². The van der Waals surface area contributed by atoms with Crippen molar-refractivity contribution in [1.82, 2.24) is 5.32 Å². The van der Waals surface area contributed by atoms with Gasteiger partial charge in [-0.05, 0) is 43.5 Å². The first-order valence-corrected chi connectivity index (χ1v) is 6.50. The third-order valence-electron chi connectivity index (χ3n) is 3.02. The van der Waals surface area contributed by atoms with E-state index in [2.05, 4.69) is 22.2 Å². The van der Waals surface area contributed by atoms with E-state index in [-0.39, 0.29) is 5.97 Å². The molecule has 1 aromatic rings. The number of ether oxygens (including phenoxy) is 2. The first-order valence-electron chi connectivity index (χ1n) is 6.50. The molecule has 1 aromatic carbocycles. The van der Waals surface area contributed by atoms with Crippen molar-refractivity contribution in [1.29, 1.82) is 0 Å². The molecule has 1 N–H and O–H groups in total. The van der Waals surface area contributed by atoms with Crippen LogP contribution in [0.3, 0.4) is 0 Å². The third kappa shape index (κ3) is 4.91. The van der Waals surface area contributed by atoms with Crippen molar-refractivity contribution in [3.8, 4) is 5.75 Å². The van der Waals surface area contributed by atoms with Gasteiger partial charge in [-0.15, -0.1) is 0 Å². The van der Waals surface area contributed by atoms with Crippen molar-refractivity contribution in [2.45, 2.75) is 33.2 Å². The lowest BCUT2D eigenvalue weighted by Gasteiger charge is -2.12. The summed E-state index contributed by atoms with van der Waals surface area (Å²) in [6.45, 7) is 5.70. The normalized spacial score (nSPS) is 10.3. The lowest BCUT2D eigenvalue weighted by atomic mass is 10.1. The predicted molar refractivity (Wildman–Crippen MR) is 75.4 cm³/mol. The van der Waals surface area contributed by atoms with Gasteiger partial charge in [0.25, 0.3) is 0 Å². The smallest absolute Gasteiger partial charge is 0.305 e. The average molecular weight is 265 g/mol. The second-order valence-corrected chi connectivity index (χ2v) is 4.62. The van der Waals surface area contributed by atoms with Crippen LogP contribution in [0.2, 0.25) is 0 Å². The number of carbonyl (C=O) groups excluding carboxylic acids is 1. The highest BCUT2D eigenvalue weighted by Gasteiger charge is 2.05. The highest BCUT2D eigenvalue weighted by molar-refractivity contribution is 5.69. The topological polar surface area (TPSA) is 47.6 Å². The summed E-state index contributed by atoms with van der Waals surface area (Å²) in [5.74, 6) is 0.798. The van der Waals surface area contributed by atoms with Crippen LogP contribution >= 0.6 is 0 Å². The van der Waals surface area contributed by atoms with Crippen molar-refractivity contribution in [3.63, 3.8) is 0 Å². The molecule has 0 saturated carbocycles. The van der Waals surface area contributed by atoms with Gasteiger partial charge in [0.1, 0.15) is 5.75 Å². The molecule has 0 saturated heterocycles. The second kappa shape index (κ2) is 7.79. The molecule has 0 aromatic heterocycles. The zero-order valence-corrected chi connectivity index (χ0v) is 12.2. The molecule has 0 fully saturated rings. The summed E-state index contributed by atoms with van der Waals surface area (Å²) in [4.78, 5) is 10.9. The Bertz CT molecular complexity index is 406.